The number of rotatable bonds is 5. The smallest absolute Gasteiger partial charge is 0.416 e. The molecule has 0 atom stereocenters. The van der Waals surface area contributed by atoms with Crippen molar-refractivity contribution in [3.05, 3.63) is 53.6 Å². The standard InChI is InChI=1S/C17H18F3N3O2.HI/c1-24-12-8-7-11(13(9-12)17(18,19)20)10-22-16(21)23-14-5-3-4-6-15(14)25-2;/h3-9H,10H2,1-2H3,(H3,21,22,23);1H. The third-order valence-corrected chi connectivity index (χ3v) is 3.41. The molecule has 0 aliphatic rings. The van der Waals surface area contributed by atoms with Gasteiger partial charge in [-0.3, -0.25) is 0 Å². The minimum Gasteiger partial charge on any atom is -0.497 e. The molecule has 26 heavy (non-hydrogen) atoms. The summed E-state index contributed by atoms with van der Waals surface area (Å²) in [6.45, 7) is -0.229. The topological polar surface area (TPSA) is 68.9 Å². The van der Waals surface area contributed by atoms with Gasteiger partial charge in [0.25, 0.3) is 0 Å². The second-order valence-electron chi connectivity index (χ2n) is 5.05. The monoisotopic (exact) mass is 481 g/mol. The molecule has 0 aliphatic heterocycles. The number of methoxy groups -OCH3 is 2. The Balaban J connectivity index is 0.00000338. The fourth-order valence-electron chi connectivity index (χ4n) is 2.18. The number of nitrogens with one attached hydrogen (secondary N) is 1. The zero-order valence-corrected chi connectivity index (χ0v) is 16.5. The molecule has 0 unspecified atom stereocenters. The van der Waals surface area contributed by atoms with Crippen LogP contribution in [0.25, 0.3) is 0 Å². The van der Waals surface area contributed by atoms with E-state index in [4.69, 9.17) is 15.2 Å². The number of nitrogens with two attached hydrogens (primary N) is 1. The molecule has 0 spiro atoms. The van der Waals surface area contributed by atoms with Gasteiger partial charge in [0.15, 0.2) is 5.96 Å². The van der Waals surface area contributed by atoms with E-state index in [0.717, 1.165) is 6.07 Å². The summed E-state index contributed by atoms with van der Waals surface area (Å²) in [6, 6.07) is 10.7. The summed E-state index contributed by atoms with van der Waals surface area (Å²) < 4.78 is 49.5. The van der Waals surface area contributed by atoms with Gasteiger partial charge in [-0.05, 0) is 29.8 Å². The fourth-order valence-corrected chi connectivity index (χ4v) is 2.18. The first kappa shape index (κ1) is 21.9. The molecule has 0 radical (unpaired) electrons. The quantitative estimate of drug-likeness (QED) is 0.381. The maximum Gasteiger partial charge on any atom is 0.416 e. The molecule has 0 amide bonds. The highest BCUT2D eigenvalue weighted by molar-refractivity contribution is 14.0. The Kier molecular flexibility index (Phi) is 8.00. The molecule has 0 saturated heterocycles. The molecule has 142 valence electrons. The van der Waals surface area contributed by atoms with E-state index < -0.39 is 11.7 Å². The van der Waals surface area contributed by atoms with Crippen LogP contribution in [0.15, 0.2) is 47.5 Å². The number of anilines is 1. The maximum absolute atomic E-state index is 13.2. The van der Waals surface area contributed by atoms with Gasteiger partial charge in [-0.2, -0.15) is 13.2 Å². The average Bonchev–Trinajstić information content (AvgIpc) is 2.59. The highest BCUT2D eigenvalue weighted by Gasteiger charge is 2.33. The first-order valence-electron chi connectivity index (χ1n) is 7.29. The van der Waals surface area contributed by atoms with E-state index >= 15 is 0 Å². The largest absolute Gasteiger partial charge is 0.497 e. The van der Waals surface area contributed by atoms with Crippen molar-refractivity contribution in [3.63, 3.8) is 0 Å². The Morgan fingerprint density at radius 2 is 1.81 bits per heavy atom. The first-order valence-corrected chi connectivity index (χ1v) is 7.29. The van der Waals surface area contributed by atoms with Crippen LogP contribution in [0.2, 0.25) is 0 Å². The molecule has 0 heterocycles. The van der Waals surface area contributed by atoms with Crippen molar-refractivity contribution in [2.75, 3.05) is 19.5 Å². The molecular weight excluding hydrogens is 462 g/mol. The maximum atomic E-state index is 13.2. The zero-order valence-electron chi connectivity index (χ0n) is 14.1. The summed E-state index contributed by atoms with van der Waals surface area (Å²) in [6.07, 6.45) is -4.51. The van der Waals surface area contributed by atoms with Crippen LogP contribution in [0.5, 0.6) is 11.5 Å². The Hall–Kier alpha value is -2.17. The van der Waals surface area contributed by atoms with Crippen LogP contribution in [0, 0.1) is 0 Å². The number of ether oxygens (including phenoxy) is 2. The predicted molar refractivity (Wildman–Crippen MR) is 105 cm³/mol. The molecular formula is C17H19F3IN3O2. The molecule has 0 fully saturated rings. The van der Waals surface area contributed by atoms with Gasteiger partial charge in [-0.15, -0.1) is 24.0 Å². The lowest BCUT2D eigenvalue weighted by Gasteiger charge is -2.14. The van der Waals surface area contributed by atoms with Crippen molar-refractivity contribution in [1.29, 1.82) is 0 Å². The van der Waals surface area contributed by atoms with E-state index in [-0.39, 0.29) is 47.8 Å². The lowest BCUT2D eigenvalue weighted by molar-refractivity contribution is -0.138. The van der Waals surface area contributed by atoms with E-state index in [1.165, 1.54) is 26.4 Å². The van der Waals surface area contributed by atoms with Crippen LogP contribution >= 0.6 is 24.0 Å². The average molecular weight is 481 g/mol. The summed E-state index contributed by atoms with van der Waals surface area (Å²) in [5, 5.41) is 2.81. The van der Waals surface area contributed by atoms with Crippen molar-refractivity contribution in [3.8, 4) is 11.5 Å². The highest BCUT2D eigenvalue weighted by Crippen LogP contribution is 2.34. The number of halogens is 4. The number of guanidine groups is 1. The number of benzene rings is 2. The van der Waals surface area contributed by atoms with Gasteiger partial charge in [0.05, 0.1) is 32.0 Å². The second kappa shape index (κ2) is 9.51. The third kappa shape index (κ3) is 5.68. The summed E-state index contributed by atoms with van der Waals surface area (Å²) >= 11 is 0. The van der Waals surface area contributed by atoms with Crippen LogP contribution in [0.3, 0.4) is 0 Å². The van der Waals surface area contributed by atoms with Crippen LogP contribution in [-0.4, -0.2) is 20.2 Å². The number of nitrogens with zero attached hydrogens (tertiary/aromatic N) is 1. The summed E-state index contributed by atoms with van der Waals surface area (Å²) in [5.41, 5.74) is 5.53. The number of hydrogen-bond donors (Lipinski definition) is 2. The van der Waals surface area contributed by atoms with E-state index in [0.29, 0.717) is 11.4 Å². The Morgan fingerprint density at radius 3 is 2.42 bits per heavy atom. The van der Waals surface area contributed by atoms with E-state index in [9.17, 15) is 13.2 Å². The fraction of sp³-hybridized carbons (Fsp3) is 0.235. The summed E-state index contributed by atoms with van der Waals surface area (Å²) in [4.78, 5) is 3.98. The van der Waals surface area contributed by atoms with Gasteiger partial charge in [0, 0.05) is 0 Å². The number of aliphatic imine (C=N–C) groups is 1. The zero-order chi connectivity index (χ0) is 18.4. The molecule has 2 aromatic carbocycles. The Morgan fingerprint density at radius 1 is 1.12 bits per heavy atom. The number of hydrogen-bond acceptors (Lipinski definition) is 3. The van der Waals surface area contributed by atoms with Crippen LogP contribution in [-0.2, 0) is 12.7 Å². The highest BCUT2D eigenvalue weighted by atomic mass is 127. The van der Waals surface area contributed by atoms with Gasteiger partial charge in [0.2, 0.25) is 0 Å². The molecule has 0 aliphatic carbocycles. The van der Waals surface area contributed by atoms with Gasteiger partial charge in [0.1, 0.15) is 11.5 Å². The molecule has 0 bridgehead atoms. The normalized spacial score (nSPS) is 11.5. The van der Waals surface area contributed by atoms with Crippen molar-refractivity contribution < 1.29 is 22.6 Å². The van der Waals surface area contributed by atoms with Gasteiger partial charge >= 0.3 is 6.18 Å². The van der Waals surface area contributed by atoms with Crippen molar-refractivity contribution in [1.82, 2.24) is 0 Å². The number of alkyl halides is 3. The lowest BCUT2D eigenvalue weighted by atomic mass is 10.1. The summed E-state index contributed by atoms with van der Waals surface area (Å²) in [5.74, 6) is 0.648. The van der Waals surface area contributed by atoms with Crippen molar-refractivity contribution in [2.24, 2.45) is 10.7 Å². The van der Waals surface area contributed by atoms with Gasteiger partial charge < -0.3 is 20.5 Å². The third-order valence-electron chi connectivity index (χ3n) is 3.41. The second-order valence-corrected chi connectivity index (χ2v) is 5.05. The van der Waals surface area contributed by atoms with Crippen LogP contribution in [0.4, 0.5) is 18.9 Å². The molecule has 2 rings (SSSR count). The van der Waals surface area contributed by atoms with E-state index in [1.807, 2.05) is 0 Å². The van der Waals surface area contributed by atoms with Crippen LogP contribution < -0.4 is 20.5 Å². The van der Waals surface area contributed by atoms with Gasteiger partial charge in [-0.25, -0.2) is 4.99 Å². The molecule has 3 N–H and O–H groups in total. The van der Waals surface area contributed by atoms with Gasteiger partial charge in [-0.1, -0.05) is 18.2 Å². The molecule has 0 saturated carbocycles. The Bertz CT molecular complexity index is 767. The lowest BCUT2D eigenvalue weighted by Crippen LogP contribution is -2.23. The minimum atomic E-state index is -4.51. The first-order chi connectivity index (χ1) is 11.8. The molecule has 5 nitrogen and oxygen atoms in total. The molecule has 2 aromatic rings. The minimum absolute atomic E-state index is 0. The van der Waals surface area contributed by atoms with Crippen LogP contribution in [0.1, 0.15) is 11.1 Å². The predicted octanol–water partition coefficient (Wildman–Crippen LogP) is 4.27. The van der Waals surface area contributed by atoms with Crippen molar-refractivity contribution in [2.45, 2.75) is 12.7 Å². The SMILES string of the molecule is COc1ccc(CN=C(N)Nc2ccccc2OC)c(C(F)(F)F)c1.I. The van der Waals surface area contributed by atoms with Crippen molar-refractivity contribution >= 4 is 35.6 Å². The molecule has 9 heteroatoms. The number of para-hydroxylation sites is 2. The molecule has 0 aromatic heterocycles. The van der Waals surface area contributed by atoms with E-state index in [1.54, 1.807) is 24.3 Å². The summed E-state index contributed by atoms with van der Waals surface area (Å²) in [7, 11) is 2.81. The Labute approximate surface area is 166 Å². The van der Waals surface area contributed by atoms with E-state index in [2.05, 4.69) is 10.3 Å².